The zero-order chi connectivity index (χ0) is 14.0. The van der Waals surface area contributed by atoms with Gasteiger partial charge < -0.3 is 15.3 Å². The van der Waals surface area contributed by atoms with Crippen molar-refractivity contribution in [2.75, 3.05) is 18.9 Å². The number of amides is 2. The van der Waals surface area contributed by atoms with E-state index in [1.807, 2.05) is 25.1 Å². The van der Waals surface area contributed by atoms with Gasteiger partial charge in [-0.05, 0) is 43.4 Å². The van der Waals surface area contributed by atoms with Gasteiger partial charge in [-0.2, -0.15) is 0 Å². The fourth-order valence-electron chi connectivity index (χ4n) is 1.93. The van der Waals surface area contributed by atoms with Crippen LogP contribution in [0.25, 0.3) is 0 Å². The fourth-order valence-corrected chi connectivity index (χ4v) is 2.29. The second kappa shape index (κ2) is 5.92. The van der Waals surface area contributed by atoms with Gasteiger partial charge in [-0.15, -0.1) is 0 Å². The maximum Gasteiger partial charge on any atom is 0.321 e. The van der Waals surface area contributed by atoms with E-state index in [1.54, 1.807) is 7.05 Å². The number of aliphatic hydroxyl groups is 1. The molecule has 19 heavy (non-hydrogen) atoms. The molecule has 104 valence electrons. The van der Waals surface area contributed by atoms with Crippen molar-refractivity contribution in [2.45, 2.75) is 25.9 Å². The van der Waals surface area contributed by atoms with Crippen LogP contribution in [0, 0.1) is 12.8 Å². The molecule has 1 aromatic carbocycles. The van der Waals surface area contributed by atoms with E-state index in [1.165, 1.54) is 4.90 Å². The number of hydrogen-bond donors (Lipinski definition) is 2. The smallest absolute Gasteiger partial charge is 0.321 e. The molecule has 1 atom stereocenters. The summed E-state index contributed by atoms with van der Waals surface area (Å²) in [5.74, 6) is 0.378. The first-order valence-corrected chi connectivity index (χ1v) is 7.23. The molecule has 0 bridgehead atoms. The zero-order valence-corrected chi connectivity index (χ0v) is 12.8. The van der Waals surface area contributed by atoms with Gasteiger partial charge in [0.05, 0.1) is 6.10 Å². The van der Waals surface area contributed by atoms with E-state index in [2.05, 4.69) is 21.2 Å². The highest BCUT2D eigenvalue weighted by Gasteiger charge is 2.31. The van der Waals surface area contributed by atoms with Crippen molar-refractivity contribution < 1.29 is 9.90 Å². The van der Waals surface area contributed by atoms with E-state index in [-0.39, 0.29) is 6.03 Å². The number of aliphatic hydroxyl groups excluding tert-OH is 1. The number of anilines is 1. The van der Waals surface area contributed by atoms with Crippen LogP contribution in [0.15, 0.2) is 22.7 Å². The molecule has 1 aliphatic carbocycles. The van der Waals surface area contributed by atoms with Crippen LogP contribution in [-0.4, -0.2) is 35.7 Å². The third-order valence-corrected chi connectivity index (χ3v) is 3.91. The second-order valence-electron chi connectivity index (χ2n) is 5.17. The van der Waals surface area contributed by atoms with Gasteiger partial charge in [0.25, 0.3) is 0 Å². The van der Waals surface area contributed by atoms with Gasteiger partial charge in [0.15, 0.2) is 0 Å². The van der Waals surface area contributed by atoms with Gasteiger partial charge >= 0.3 is 6.03 Å². The lowest BCUT2D eigenvalue weighted by Crippen LogP contribution is -2.38. The molecule has 1 fully saturated rings. The molecular weight excluding hydrogens is 308 g/mol. The number of hydrogen-bond acceptors (Lipinski definition) is 2. The van der Waals surface area contributed by atoms with Crippen LogP contribution < -0.4 is 5.32 Å². The van der Waals surface area contributed by atoms with Gasteiger partial charge in [-0.25, -0.2) is 4.79 Å². The first-order valence-electron chi connectivity index (χ1n) is 6.43. The van der Waals surface area contributed by atoms with Gasteiger partial charge in [-0.1, -0.05) is 22.0 Å². The number of carbonyl (C=O) groups is 1. The summed E-state index contributed by atoms with van der Waals surface area (Å²) >= 11 is 3.39. The maximum absolute atomic E-state index is 12.0. The van der Waals surface area contributed by atoms with Crippen molar-refractivity contribution in [3.63, 3.8) is 0 Å². The molecular formula is C14H19BrN2O2. The Balaban J connectivity index is 1.93. The lowest BCUT2D eigenvalue weighted by atomic mass is 10.2. The van der Waals surface area contributed by atoms with E-state index in [9.17, 15) is 9.90 Å². The van der Waals surface area contributed by atoms with Crippen molar-refractivity contribution in [1.82, 2.24) is 4.90 Å². The van der Waals surface area contributed by atoms with Gasteiger partial charge in [0, 0.05) is 23.8 Å². The molecule has 0 heterocycles. The molecule has 0 aromatic heterocycles. The van der Waals surface area contributed by atoms with Crippen LogP contribution in [0.5, 0.6) is 0 Å². The summed E-state index contributed by atoms with van der Waals surface area (Å²) in [6.07, 6.45) is 1.74. The summed E-state index contributed by atoms with van der Waals surface area (Å²) in [6, 6.07) is 5.56. The molecule has 1 saturated carbocycles. The van der Waals surface area contributed by atoms with Gasteiger partial charge in [0.2, 0.25) is 0 Å². The van der Waals surface area contributed by atoms with Gasteiger partial charge in [-0.3, -0.25) is 0 Å². The van der Waals surface area contributed by atoms with Crippen molar-refractivity contribution in [3.05, 3.63) is 28.2 Å². The predicted octanol–water partition coefficient (Wildman–Crippen LogP) is 2.99. The molecule has 0 aliphatic heterocycles. The minimum absolute atomic E-state index is 0.194. The molecule has 4 nitrogen and oxygen atoms in total. The minimum atomic E-state index is -0.403. The highest BCUT2D eigenvalue weighted by molar-refractivity contribution is 9.10. The van der Waals surface area contributed by atoms with Crippen molar-refractivity contribution in [2.24, 2.45) is 5.92 Å². The van der Waals surface area contributed by atoms with E-state index in [0.717, 1.165) is 28.6 Å². The Morgan fingerprint density at radius 1 is 1.58 bits per heavy atom. The average Bonchev–Trinajstić information content (AvgIpc) is 3.17. The number of benzene rings is 1. The van der Waals surface area contributed by atoms with Crippen LogP contribution in [0.1, 0.15) is 18.4 Å². The topological polar surface area (TPSA) is 52.6 Å². The number of halogens is 1. The number of urea groups is 1. The monoisotopic (exact) mass is 326 g/mol. The first-order chi connectivity index (χ1) is 8.97. The standard InChI is InChI=1S/C14H19BrN2O2/c1-9-3-6-11(15)7-12(9)16-14(19)17(2)8-13(18)10-4-5-10/h3,6-7,10,13,18H,4-5,8H2,1-2H3,(H,16,19). The molecule has 2 amide bonds. The SMILES string of the molecule is Cc1ccc(Br)cc1NC(=O)N(C)CC(O)C1CC1. The Kier molecular flexibility index (Phi) is 4.47. The quantitative estimate of drug-likeness (QED) is 0.893. The van der Waals surface area contributed by atoms with Crippen molar-refractivity contribution in [1.29, 1.82) is 0 Å². The van der Waals surface area contributed by atoms with Gasteiger partial charge in [0.1, 0.15) is 0 Å². The summed E-state index contributed by atoms with van der Waals surface area (Å²) < 4.78 is 0.925. The first kappa shape index (κ1) is 14.3. The molecule has 1 unspecified atom stereocenters. The highest BCUT2D eigenvalue weighted by atomic mass is 79.9. The van der Waals surface area contributed by atoms with Crippen LogP contribution in [0.3, 0.4) is 0 Å². The predicted molar refractivity (Wildman–Crippen MR) is 79.3 cm³/mol. The van der Waals surface area contributed by atoms with Crippen LogP contribution in [0.4, 0.5) is 10.5 Å². The molecule has 1 aliphatic rings. The van der Waals surface area contributed by atoms with E-state index in [0.29, 0.717) is 12.5 Å². The Bertz CT molecular complexity index is 475. The lowest BCUT2D eigenvalue weighted by molar-refractivity contribution is 0.117. The van der Waals surface area contributed by atoms with Crippen LogP contribution in [-0.2, 0) is 0 Å². The highest BCUT2D eigenvalue weighted by Crippen LogP contribution is 2.32. The molecule has 0 saturated heterocycles. The van der Waals surface area contributed by atoms with Crippen molar-refractivity contribution >= 4 is 27.6 Å². The summed E-state index contributed by atoms with van der Waals surface area (Å²) in [7, 11) is 1.70. The summed E-state index contributed by atoms with van der Waals surface area (Å²) in [5.41, 5.74) is 1.79. The Labute approximate surface area is 121 Å². The number of rotatable bonds is 4. The Morgan fingerprint density at radius 3 is 2.89 bits per heavy atom. The average molecular weight is 327 g/mol. The van der Waals surface area contributed by atoms with Crippen LogP contribution in [0.2, 0.25) is 0 Å². The number of likely N-dealkylation sites (N-methyl/N-ethyl adjacent to an activating group) is 1. The molecule has 5 heteroatoms. The number of carbonyl (C=O) groups excluding carboxylic acids is 1. The van der Waals surface area contributed by atoms with Crippen molar-refractivity contribution in [3.8, 4) is 0 Å². The van der Waals surface area contributed by atoms with Crippen LogP contribution >= 0.6 is 15.9 Å². The minimum Gasteiger partial charge on any atom is -0.391 e. The lowest BCUT2D eigenvalue weighted by Gasteiger charge is -2.21. The number of nitrogens with one attached hydrogen (secondary N) is 1. The zero-order valence-electron chi connectivity index (χ0n) is 11.2. The second-order valence-corrected chi connectivity index (χ2v) is 6.09. The Hall–Kier alpha value is -1.07. The molecule has 0 spiro atoms. The third kappa shape index (κ3) is 3.94. The number of nitrogens with zero attached hydrogens (tertiary/aromatic N) is 1. The summed E-state index contributed by atoms with van der Waals surface area (Å²) in [5, 5.41) is 12.7. The van der Waals surface area contributed by atoms with E-state index >= 15 is 0 Å². The normalized spacial score (nSPS) is 16.0. The number of aryl methyl sites for hydroxylation is 1. The fraction of sp³-hybridized carbons (Fsp3) is 0.500. The largest absolute Gasteiger partial charge is 0.391 e. The summed E-state index contributed by atoms with van der Waals surface area (Å²) in [4.78, 5) is 13.6. The molecule has 2 rings (SSSR count). The Morgan fingerprint density at radius 2 is 2.26 bits per heavy atom. The van der Waals surface area contributed by atoms with E-state index in [4.69, 9.17) is 0 Å². The molecule has 2 N–H and O–H groups in total. The summed E-state index contributed by atoms with van der Waals surface area (Å²) in [6.45, 7) is 2.32. The molecule has 1 aromatic rings. The maximum atomic E-state index is 12.0. The third-order valence-electron chi connectivity index (χ3n) is 3.41. The van der Waals surface area contributed by atoms with E-state index < -0.39 is 6.10 Å². The molecule has 0 radical (unpaired) electrons.